The average Bonchev–Trinajstić information content (AvgIpc) is 3.24. The molecule has 0 aromatic heterocycles. The van der Waals surface area contributed by atoms with Gasteiger partial charge >= 0.3 is 0 Å². The molecule has 3 aliphatic carbocycles. The molecule has 1 heterocycles. The number of anilines is 1. The van der Waals surface area contributed by atoms with Gasteiger partial charge in [-0.15, -0.1) is 0 Å². The highest BCUT2D eigenvalue weighted by atomic mass is 35.5. The SMILES string of the molecule is C=C(CCN(C)C)C1Nc2ccccc2C2C(=O)C3C4C=C(Cl)C=CC43C12. The number of carbonyl (C=O) groups is 1. The molecule has 1 aromatic carbocycles. The largest absolute Gasteiger partial charge is 0.378 e. The van der Waals surface area contributed by atoms with Gasteiger partial charge in [0, 0.05) is 34.5 Å². The highest BCUT2D eigenvalue weighted by Gasteiger charge is 2.78. The molecule has 140 valence electrons. The minimum atomic E-state index is -0.0909. The standard InChI is InChI=1S/C23H25ClN2O/c1-13(9-11-26(2)3)21-20-18(15-6-4-5-7-17(15)25-21)22(27)19-16-12-14(24)8-10-23(16,19)20/h4-8,10,12,16,18-21,25H,1,9,11H2,2-3H3. The number of halogens is 1. The second-order valence-electron chi connectivity index (χ2n) is 8.71. The molecule has 0 bridgehead atoms. The van der Waals surface area contributed by atoms with E-state index in [1.165, 1.54) is 5.57 Å². The van der Waals surface area contributed by atoms with Crippen LogP contribution in [0.25, 0.3) is 0 Å². The van der Waals surface area contributed by atoms with Gasteiger partial charge in [-0.05, 0) is 44.1 Å². The van der Waals surface area contributed by atoms with E-state index in [0.717, 1.165) is 29.2 Å². The number of nitrogens with one attached hydrogen (secondary N) is 1. The van der Waals surface area contributed by atoms with E-state index < -0.39 is 0 Å². The molecule has 4 heteroatoms. The number of allylic oxidation sites excluding steroid dienone is 4. The predicted octanol–water partition coefficient (Wildman–Crippen LogP) is 4.20. The van der Waals surface area contributed by atoms with Crippen molar-refractivity contribution in [3.8, 4) is 0 Å². The summed E-state index contributed by atoms with van der Waals surface area (Å²) < 4.78 is 0. The van der Waals surface area contributed by atoms with Crippen LogP contribution in [0.5, 0.6) is 0 Å². The van der Waals surface area contributed by atoms with E-state index in [1.807, 2.05) is 18.2 Å². The molecule has 3 nitrogen and oxygen atoms in total. The van der Waals surface area contributed by atoms with Crippen LogP contribution in [0, 0.1) is 23.2 Å². The van der Waals surface area contributed by atoms with E-state index >= 15 is 0 Å². The number of ketones is 1. The van der Waals surface area contributed by atoms with Crippen LogP contribution in [-0.2, 0) is 4.79 Å². The smallest absolute Gasteiger partial charge is 0.145 e. The fraction of sp³-hybridized carbons (Fsp3) is 0.435. The maximum absolute atomic E-state index is 13.5. The summed E-state index contributed by atoms with van der Waals surface area (Å²) in [6, 6.07) is 8.40. The van der Waals surface area contributed by atoms with Gasteiger partial charge in [-0.2, -0.15) is 0 Å². The van der Waals surface area contributed by atoms with E-state index in [-0.39, 0.29) is 35.1 Å². The first-order chi connectivity index (χ1) is 12.9. The number of Topliss-reactive ketones (excluding diaryl/α,β-unsaturated/α-hetero) is 1. The first-order valence-electron chi connectivity index (χ1n) is 9.73. The minimum Gasteiger partial charge on any atom is -0.378 e. The Morgan fingerprint density at radius 3 is 2.89 bits per heavy atom. The number of fused-ring (bicyclic) bond motifs is 4. The van der Waals surface area contributed by atoms with Gasteiger partial charge in [-0.25, -0.2) is 0 Å². The lowest BCUT2D eigenvalue weighted by molar-refractivity contribution is -0.121. The van der Waals surface area contributed by atoms with Gasteiger partial charge in [0.15, 0.2) is 0 Å². The second-order valence-corrected chi connectivity index (χ2v) is 9.15. The zero-order valence-electron chi connectivity index (χ0n) is 15.8. The Labute approximate surface area is 165 Å². The van der Waals surface area contributed by atoms with Crippen LogP contribution >= 0.6 is 11.6 Å². The van der Waals surface area contributed by atoms with Gasteiger partial charge in [-0.1, -0.05) is 54.1 Å². The molecule has 1 aromatic rings. The van der Waals surface area contributed by atoms with Crippen LogP contribution in [0.15, 0.2) is 59.7 Å². The summed E-state index contributed by atoms with van der Waals surface area (Å²) in [6.45, 7) is 5.41. The summed E-state index contributed by atoms with van der Waals surface area (Å²) in [7, 11) is 4.17. The summed E-state index contributed by atoms with van der Waals surface area (Å²) in [5, 5.41) is 4.51. The molecule has 2 saturated carbocycles. The van der Waals surface area contributed by atoms with Gasteiger partial charge in [0.25, 0.3) is 0 Å². The van der Waals surface area contributed by atoms with Gasteiger partial charge in [0.2, 0.25) is 0 Å². The highest BCUT2D eigenvalue weighted by molar-refractivity contribution is 6.31. The zero-order chi connectivity index (χ0) is 18.9. The topological polar surface area (TPSA) is 32.3 Å². The van der Waals surface area contributed by atoms with Crippen molar-refractivity contribution in [2.24, 2.45) is 23.2 Å². The Morgan fingerprint density at radius 1 is 1.33 bits per heavy atom. The number of rotatable bonds is 4. The maximum Gasteiger partial charge on any atom is 0.145 e. The molecule has 0 radical (unpaired) electrons. The van der Waals surface area contributed by atoms with Crippen molar-refractivity contribution in [3.63, 3.8) is 0 Å². The number of para-hydroxylation sites is 1. The van der Waals surface area contributed by atoms with E-state index in [2.05, 4.69) is 55.2 Å². The third-order valence-electron chi connectivity index (χ3n) is 7.07. The first kappa shape index (κ1) is 17.3. The number of hydrogen-bond acceptors (Lipinski definition) is 3. The van der Waals surface area contributed by atoms with E-state index in [4.69, 9.17) is 11.6 Å². The number of hydrogen-bond donors (Lipinski definition) is 1. The van der Waals surface area contributed by atoms with Crippen molar-refractivity contribution in [2.75, 3.05) is 26.0 Å². The van der Waals surface area contributed by atoms with Crippen LogP contribution < -0.4 is 5.32 Å². The van der Waals surface area contributed by atoms with Crippen LogP contribution in [0.4, 0.5) is 5.69 Å². The molecule has 6 atom stereocenters. The lowest BCUT2D eigenvalue weighted by atomic mass is 9.68. The fourth-order valence-corrected chi connectivity index (χ4v) is 6.05. The van der Waals surface area contributed by atoms with Crippen molar-refractivity contribution < 1.29 is 4.79 Å². The fourth-order valence-electron chi connectivity index (χ4n) is 5.85. The summed E-state index contributed by atoms with van der Waals surface area (Å²) >= 11 is 6.26. The van der Waals surface area contributed by atoms with Crippen LogP contribution in [0.3, 0.4) is 0 Å². The number of nitrogens with zero attached hydrogens (tertiary/aromatic N) is 1. The van der Waals surface area contributed by atoms with Gasteiger partial charge < -0.3 is 10.2 Å². The van der Waals surface area contributed by atoms with Crippen LogP contribution in [-0.4, -0.2) is 37.4 Å². The lowest BCUT2D eigenvalue weighted by Crippen LogP contribution is -2.44. The number of carbonyl (C=O) groups excluding carboxylic acids is 1. The van der Waals surface area contributed by atoms with Crippen molar-refractivity contribution in [3.05, 3.63) is 65.2 Å². The molecule has 1 N–H and O–H groups in total. The molecule has 1 aliphatic heterocycles. The molecule has 0 saturated heterocycles. The molecule has 5 rings (SSSR count). The van der Waals surface area contributed by atoms with E-state index in [9.17, 15) is 4.79 Å². The van der Waals surface area contributed by atoms with E-state index in [1.54, 1.807) is 0 Å². The molecule has 2 fully saturated rings. The Bertz CT molecular complexity index is 901. The zero-order valence-corrected chi connectivity index (χ0v) is 16.5. The molecule has 27 heavy (non-hydrogen) atoms. The summed E-state index contributed by atoms with van der Waals surface area (Å²) in [5.41, 5.74) is 3.34. The Morgan fingerprint density at radius 2 is 2.11 bits per heavy atom. The Kier molecular flexibility index (Phi) is 3.73. The van der Waals surface area contributed by atoms with Gasteiger partial charge in [0.1, 0.15) is 5.78 Å². The van der Waals surface area contributed by atoms with Crippen molar-refractivity contribution >= 4 is 23.1 Å². The minimum absolute atomic E-state index is 0.0419. The number of benzene rings is 1. The molecule has 6 unspecified atom stereocenters. The van der Waals surface area contributed by atoms with Crippen LogP contribution in [0.1, 0.15) is 17.9 Å². The summed E-state index contributed by atoms with van der Waals surface area (Å²) in [4.78, 5) is 15.7. The third-order valence-corrected chi connectivity index (χ3v) is 7.32. The monoisotopic (exact) mass is 380 g/mol. The van der Waals surface area contributed by atoms with Crippen molar-refractivity contribution in [1.29, 1.82) is 0 Å². The van der Waals surface area contributed by atoms with Crippen molar-refractivity contribution in [1.82, 2.24) is 4.90 Å². The first-order valence-corrected chi connectivity index (χ1v) is 10.1. The molecule has 4 aliphatic rings. The summed E-state index contributed by atoms with van der Waals surface area (Å²) in [6.07, 6.45) is 7.25. The summed E-state index contributed by atoms with van der Waals surface area (Å²) in [5.74, 6) is 0.871. The normalized spacial score (nSPS) is 37.7. The average molecular weight is 381 g/mol. The highest BCUT2D eigenvalue weighted by Crippen LogP contribution is 2.77. The molecular formula is C23H25ClN2O. The third kappa shape index (κ3) is 2.28. The van der Waals surface area contributed by atoms with Crippen molar-refractivity contribution in [2.45, 2.75) is 18.4 Å². The molecule has 0 amide bonds. The van der Waals surface area contributed by atoms with Crippen LogP contribution in [0.2, 0.25) is 0 Å². The van der Waals surface area contributed by atoms with E-state index in [0.29, 0.717) is 5.78 Å². The molecule has 1 spiro atoms. The maximum atomic E-state index is 13.5. The predicted molar refractivity (Wildman–Crippen MR) is 110 cm³/mol. The quantitative estimate of drug-likeness (QED) is 0.794. The molecular weight excluding hydrogens is 356 g/mol. The lowest BCUT2D eigenvalue weighted by Gasteiger charge is -2.43. The Hall–Kier alpha value is -1.84. The van der Waals surface area contributed by atoms with Gasteiger partial charge in [0.05, 0.1) is 12.0 Å². The van der Waals surface area contributed by atoms with Gasteiger partial charge in [-0.3, -0.25) is 4.79 Å². The Balaban J connectivity index is 1.58. The second kappa shape index (κ2) is 5.83.